The van der Waals surface area contributed by atoms with Gasteiger partial charge in [0.15, 0.2) is 0 Å². The molecular formula is C21H34N2O5. The van der Waals surface area contributed by atoms with Crippen molar-refractivity contribution in [2.75, 3.05) is 19.8 Å². The molecule has 1 aliphatic carbocycles. The number of amides is 2. The summed E-state index contributed by atoms with van der Waals surface area (Å²) in [5.41, 5.74) is -0.545. The number of ether oxygens (including phenoxy) is 1. The highest BCUT2D eigenvalue weighted by Gasteiger charge is 2.70. The number of aliphatic carboxylic acids is 1. The molecule has 7 heteroatoms. The molecule has 2 heterocycles. The maximum Gasteiger partial charge on any atom is 0.326 e. The van der Waals surface area contributed by atoms with Gasteiger partial charge in [0.2, 0.25) is 11.8 Å². The van der Waals surface area contributed by atoms with Crippen LogP contribution in [0.15, 0.2) is 0 Å². The van der Waals surface area contributed by atoms with Gasteiger partial charge in [-0.05, 0) is 35.5 Å². The van der Waals surface area contributed by atoms with Crippen molar-refractivity contribution in [2.24, 2.45) is 28.6 Å². The van der Waals surface area contributed by atoms with E-state index < -0.39 is 23.5 Å². The fraction of sp³-hybridized carbons (Fsp3) is 0.857. The third kappa shape index (κ3) is 3.91. The number of likely N-dealkylation sites (tertiary alicyclic amines) is 1. The fourth-order valence-electron chi connectivity index (χ4n) is 5.04. The van der Waals surface area contributed by atoms with Crippen LogP contribution in [0.25, 0.3) is 0 Å². The minimum absolute atomic E-state index is 0.00694. The highest BCUT2D eigenvalue weighted by atomic mass is 16.5. The van der Waals surface area contributed by atoms with Crippen LogP contribution in [0.2, 0.25) is 0 Å². The van der Waals surface area contributed by atoms with E-state index in [1.54, 1.807) is 0 Å². The third-order valence-electron chi connectivity index (χ3n) is 6.98. The quantitative estimate of drug-likeness (QED) is 0.742. The van der Waals surface area contributed by atoms with E-state index in [1.165, 1.54) is 4.90 Å². The van der Waals surface area contributed by atoms with Crippen molar-refractivity contribution in [3.8, 4) is 0 Å². The lowest BCUT2D eigenvalue weighted by atomic mass is 9.84. The van der Waals surface area contributed by atoms with Crippen LogP contribution in [-0.2, 0) is 19.1 Å². The molecule has 2 N–H and O–H groups in total. The number of carbonyl (C=O) groups is 3. The first-order valence-corrected chi connectivity index (χ1v) is 10.3. The van der Waals surface area contributed by atoms with Crippen LogP contribution in [0, 0.1) is 28.6 Å². The van der Waals surface area contributed by atoms with E-state index in [4.69, 9.17) is 4.74 Å². The van der Waals surface area contributed by atoms with Crippen molar-refractivity contribution in [3.05, 3.63) is 0 Å². The Morgan fingerprint density at radius 3 is 2.36 bits per heavy atom. The maximum atomic E-state index is 13.3. The first-order chi connectivity index (χ1) is 12.9. The summed E-state index contributed by atoms with van der Waals surface area (Å²) in [6.45, 7) is 11.6. The third-order valence-corrected chi connectivity index (χ3v) is 6.98. The Morgan fingerprint density at radius 2 is 1.82 bits per heavy atom. The van der Waals surface area contributed by atoms with Gasteiger partial charge in [0, 0.05) is 32.1 Å². The molecule has 3 rings (SSSR count). The summed E-state index contributed by atoms with van der Waals surface area (Å²) in [6.07, 6.45) is 2.09. The van der Waals surface area contributed by atoms with E-state index in [9.17, 15) is 19.5 Å². The summed E-state index contributed by atoms with van der Waals surface area (Å²) in [5.74, 6) is -0.882. The molecule has 2 aliphatic heterocycles. The number of nitrogens with zero attached hydrogens (tertiary/aromatic N) is 1. The average Bonchev–Trinajstić information content (AvgIpc) is 2.95. The number of nitrogens with one attached hydrogen (secondary N) is 1. The molecule has 158 valence electrons. The Morgan fingerprint density at radius 1 is 1.21 bits per heavy atom. The van der Waals surface area contributed by atoms with Crippen molar-refractivity contribution in [2.45, 2.75) is 66.0 Å². The summed E-state index contributed by atoms with van der Waals surface area (Å²) in [7, 11) is 0. The van der Waals surface area contributed by atoms with Crippen molar-refractivity contribution in [1.82, 2.24) is 10.2 Å². The van der Waals surface area contributed by atoms with E-state index in [0.29, 0.717) is 26.2 Å². The largest absolute Gasteiger partial charge is 0.480 e. The number of carboxylic acid groups (broad SMARTS) is 1. The first-order valence-electron chi connectivity index (χ1n) is 10.3. The molecule has 0 spiro atoms. The predicted molar refractivity (Wildman–Crippen MR) is 103 cm³/mol. The van der Waals surface area contributed by atoms with Crippen LogP contribution in [-0.4, -0.2) is 59.6 Å². The molecule has 0 bridgehead atoms. The molecule has 2 amide bonds. The zero-order valence-electron chi connectivity index (χ0n) is 17.7. The summed E-state index contributed by atoms with van der Waals surface area (Å²) in [5, 5.41) is 12.7. The van der Waals surface area contributed by atoms with Crippen LogP contribution < -0.4 is 5.32 Å². The average molecular weight is 395 g/mol. The monoisotopic (exact) mass is 394 g/mol. The minimum atomic E-state index is -0.951. The Balaban J connectivity index is 1.70. The molecule has 2 saturated heterocycles. The lowest BCUT2D eigenvalue weighted by Crippen LogP contribution is -2.58. The molecule has 0 aromatic rings. The van der Waals surface area contributed by atoms with Gasteiger partial charge in [0.1, 0.15) is 12.1 Å². The van der Waals surface area contributed by atoms with Crippen LogP contribution in [0.3, 0.4) is 0 Å². The Bertz CT molecular complexity index is 648. The van der Waals surface area contributed by atoms with E-state index in [2.05, 4.69) is 19.2 Å². The molecule has 28 heavy (non-hydrogen) atoms. The van der Waals surface area contributed by atoms with Gasteiger partial charge in [0.25, 0.3) is 0 Å². The SMILES string of the molecule is CC(C)(C)[C@H](NC(=O)CC1CCOCC1)C(=O)N1C[C@H]2[C@@H]([C@H]1C(=O)O)C2(C)C. The number of fused-ring (bicyclic) bond motifs is 1. The van der Waals surface area contributed by atoms with Crippen molar-refractivity contribution < 1.29 is 24.2 Å². The molecule has 0 aromatic heterocycles. The van der Waals surface area contributed by atoms with Crippen LogP contribution in [0.1, 0.15) is 53.9 Å². The summed E-state index contributed by atoms with van der Waals surface area (Å²) in [4.78, 5) is 39.4. The molecule has 0 radical (unpaired) electrons. The minimum Gasteiger partial charge on any atom is -0.480 e. The highest BCUT2D eigenvalue weighted by Crippen LogP contribution is 2.65. The van der Waals surface area contributed by atoms with Gasteiger partial charge in [-0.25, -0.2) is 4.79 Å². The molecule has 4 atom stereocenters. The van der Waals surface area contributed by atoms with Crippen LogP contribution in [0.4, 0.5) is 0 Å². The maximum absolute atomic E-state index is 13.3. The predicted octanol–water partition coefficient (Wildman–Crippen LogP) is 1.90. The number of piperidine rings is 1. The van der Waals surface area contributed by atoms with Crippen molar-refractivity contribution in [3.63, 3.8) is 0 Å². The zero-order chi connectivity index (χ0) is 20.9. The first kappa shape index (κ1) is 21.1. The standard InChI is InChI=1S/C21H34N2O5/c1-20(2,3)17(22-14(24)10-12-6-8-28-9-7-12)18(25)23-11-13-15(21(13,4)5)16(23)19(26)27/h12-13,15-17H,6-11H2,1-5H3,(H,22,24)(H,26,27)/t13-,15-,16-,17+/m0/s1. The summed E-state index contributed by atoms with van der Waals surface area (Å²) < 4.78 is 5.34. The second-order valence-corrected chi connectivity index (χ2v) is 10.4. The number of rotatable bonds is 5. The molecule has 0 unspecified atom stereocenters. The van der Waals surface area contributed by atoms with Gasteiger partial charge in [-0.1, -0.05) is 34.6 Å². The Labute approximate surface area is 167 Å². The molecule has 3 fully saturated rings. The Hall–Kier alpha value is -1.63. The number of carboxylic acids is 1. The van der Waals surface area contributed by atoms with E-state index in [0.717, 1.165) is 12.8 Å². The number of carbonyl (C=O) groups excluding carboxylic acids is 2. The van der Waals surface area contributed by atoms with E-state index >= 15 is 0 Å². The van der Waals surface area contributed by atoms with Gasteiger partial charge >= 0.3 is 5.97 Å². The normalized spacial score (nSPS) is 30.5. The second kappa shape index (κ2) is 7.32. The van der Waals surface area contributed by atoms with Gasteiger partial charge in [0.05, 0.1) is 0 Å². The van der Waals surface area contributed by atoms with Crippen molar-refractivity contribution in [1.29, 1.82) is 0 Å². The lowest BCUT2D eigenvalue weighted by molar-refractivity contribution is -0.152. The lowest BCUT2D eigenvalue weighted by Gasteiger charge is -2.37. The van der Waals surface area contributed by atoms with E-state index in [1.807, 2.05) is 20.8 Å². The highest BCUT2D eigenvalue weighted by molar-refractivity contribution is 5.92. The number of hydrogen-bond donors (Lipinski definition) is 2. The smallest absolute Gasteiger partial charge is 0.326 e. The molecule has 3 aliphatic rings. The fourth-order valence-corrected chi connectivity index (χ4v) is 5.04. The number of hydrogen-bond acceptors (Lipinski definition) is 4. The summed E-state index contributed by atoms with van der Waals surface area (Å²) >= 11 is 0. The van der Waals surface area contributed by atoms with Gasteiger partial charge < -0.3 is 20.1 Å². The van der Waals surface area contributed by atoms with Crippen LogP contribution >= 0.6 is 0 Å². The van der Waals surface area contributed by atoms with E-state index in [-0.39, 0.29) is 35.0 Å². The Kier molecular flexibility index (Phi) is 5.51. The van der Waals surface area contributed by atoms with Crippen molar-refractivity contribution >= 4 is 17.8 Å². The molecule has 0 aromatic carbocycles. The second-order valence-electron chi connectivity index (χ2n) is 10.4. The zero-order valence-corrected chi connectivity index (χ0v) is 17.7. The topological polar surface area (TPSA) is 95.9 Å². The van der Waals surface area contributed by atoms with Gasteiger partial charge in [-0.3, -0.25) is 9.59 Å². The molecular weight excluding hydrogens is 360 g/mol. The summed E-state index contributed by atoms with van der Waals surface area (Å²) in [6, 6.07) is -1.54. The molecule has 7 nitrogen and oxygen atoms in total. The van der Waals surface area contributed by atoms with Crippen LogP contribution in [0.5, 0.6) is 0 Å². The molecule has 1 saturated carbocycles. The van der Waals surface area contributed by atoms with Gasteiger partial charge in [-0.15, -0.1) is 0 Å². The van der Waals surface area contributed by atoms with Gasteiger partial charge in [-0.2, -0.15) is 0 Å².